The second kappa shape index (κ2) is 9.98. The zero-order chi connectivity index (χ0) is 29.9. The monoisotopic (exact) mass is 571 g/mol. The number of Topliss-reactive ketones (excluding diaryl/α,β-unsaturated/α-hetero) is 3. The number of ketones is 3. The first kappa shape index (κ1) is 26.7. The predicted octanol–water partition coefficient (Wildman–Crippen LogP) is 6.03. The molecule has 0 N–H and O–H groups in total. The Balaban J connectivity index is 1.58. The number of fused-ring (bicyclic) bond motifs is 5. The topological polar surface area (TPSA) is 82.1 Å². The summed E-state index contributed by atoms with van der Waals surface area (Å²) < 4.78 is 16.9. The van der Waals surface area contributed by atoms with Crippen molar-refractivity contribution in [1.82, 2.24) is 0 Å². The smallest absolute Gasteiger partial charge is 0.186 e. The minimum absolute atomic E-state index is 0.239. The molecule has 1 fully saturated rings. The molecule has 0 saturated carbocycles. The van der Waals surface area contributed by atoms with Gasteiger partial charge in [-0.25, -0.2) is 0 Å². The maximum atomic E-state index is 14.9. The van der Waals surface area contributed by atoms with Crippen molar-refractivity contribution < 1.29 is 28.6 Å². The van der Waals surface area contributed by atoms with Crippen LogP contribution in [-0.4, -0.2) is 50.8 Å². The predicted molar refractivity (Wildman–Crippen MR) is 163 cm³/mol. The number of anilines is 1. The molecule has 3 atom stereocenters. The largest absolute Gasteiger partial charge is 0.497 e. The van der Waals surface area contributed by atoms with Crippen LogP contribution in [0.15, 0.2) is 97.1 Å². The Morgan fingerprint density at radius 2 is 1.42 bits per heavy atom. The first-order valence-corrected chi connectivity index (χ1v) is 14.1. The number of hydrogen-bond acceptors (Lipinski definition) is 7. The van der Waals surface area contributed by atoms with E-state index >= 15 is 0 Å². The minimum atomic E-state index is -1.65. The molecule has 1 aliphatic carbocycles. The Labute approximate surface area is 249 Å². The summed E-state index contributed by atoms with van der Waals surface area (Å²) in [6.07, 6.45) is 3.85. The second-order valence-electron chi connectivity index (χ2n) is 11.0. The zero-order valence-corrected chi connectivity index (χ0v) is 23.9. The van der Waals surface area contributed by atoms with Gasteiger partial charge in [0.15, 0.2) is 17.3 Å². The van der Waals surface area contributed by atoms with Gasteiger partial charge in [0.25, 0.3) is 0 Å². The van der Waals surface area contributed by atoms with E-state index in [2.05, 4.69) is 0 Å². The summed E-state index contributed by atoms with van der Waals surface area (Å²) in [6, 6.07) is 25.3. The van der Waals surface area contributed by atoms with Crippen molar-refractivity contribution in [3.8, 4) is 17.2 Å². The number of para-hydroxylation sites is 1. The standard InChI is InChI=1S/C36H29NO6/c1-41-23-11-8-10-22(19-23)33(38)32-31(27-20-24(42-2)16-17-29(27)43-3)36(34(39)25-12-5-6-13-26(25)35(36)40)30-18-15-21-9-4-7-14-28(21)37(30)32/h4-20,30-32H,1-3H3. The van der Waals surface area contributed by atoms with Crippen LogP contribution in [-0.2, 0) is 0 Å². The number of methoxy groups -OCH3 is 3. The number of rotatable bonds is 6. The summed E-state index contributed by atoms with van der Waals surface area (Å²) in [5.41, 5.74) is 1.71. The molecule has 1 spiro atoms. The molecule has 3 aliphatic rings. The first-order valence-electron chi connectivity index (χ1n) is 14.1. The highest BCUT2D eigenvalue weighted by atomic mass is 16.5. The van der Waals surface area contributed by atoms with Crippen LogP contribution in [0.1, 0.15) is 48.1 Å². The quantitative estimate of drug-likeness (QED) is 0.207. The van der Waals surface area contributed by atoms with Crippen LogP contribution in [0, 0.1) is 5.41 Å². The molecule has 43 heavy (non-hydrogen) atoms. The fourth-order valence-corrected chi connectivity index (χ4v) is 7.29. The highest BCUT2D eigenvalue weighted by Gasteiger charge is 2.72. The van der Waals surface area contributed by atoms with Gasteiger partial charge in [0.2, 0.25) is 0 Å². The van der Waals surface area contributed by atoms with E-state index in [1.54, 1.807) is 88.1 Å². The number of benzene rings is 4. The van der Waals surface area contributed by atoms with Crippen molar-refractivity contribution in [2.24, 2.45) is 5.41 Å². The lowest BCUT2D eigenvalue weighted by molar-refractivity contribution is 0.0664. The summed E-state index contributed by atoms with van der Waals surface area (Å²) in [6.45, 7) is 0. The molecule has 0 aromatic heterocycles. The van der Waals surface area contributed by atoms with E-state index in [1.165, 1.54) is 0 Å². The molecule has 2 heterocycles. The van der Waals surface area contributed by atoms with E-state index in [-0.39, 0.29) is 17.3 Å². The maximum absolute atomic E-state index is 14.9. The highest BCUT2D eigenvalue weighted by Crippen LogP contribution is 2.62. The number of nitrogens with zero attached hydrogens (tertiary/aromatic N) is 1. The van der Waals surface area contributed by atoms with Gasteiger partial charge in [0.1, 0.15) is 28.7 Å². The molecule has 0 radical (unpaired) electrons. The van der Waals surface area contributed by atoms with Gasteiger partial charge in [-0.2, -0.15) is 0 Å². The summed E-state index contributed by atoms with van der Waals surface area (Å²) >= 11 is 0. The average Bonchev–Trinajstić information content (AvgIpc) is 3.50. The molecule has 3 unspecified atom stereocenters. The van der Waals surface area contributed by atoms with Gasteiger partial charge in [-0.05, 0) is 42.0 Å². The lowest BCUT2D eigenvalue weighted by atomic mass is 9.64. The van der Waals surface area contributed by atoms with Crippen molar-refractivity contribution in [3.63, 3.8) is 0 Å². The third kappa shape index (κ3) is 3.64. The van der Waals surface area contributed by atoms with Crippen LogP contribution >= 0.6 is 0 Å². The molecule has 1 saturated heterocycles. The second-order valence-corrected chi connectivity index (χ2v) is 11.0. The van der Waals surface area contributed by atoms with E-state index in [0.717, 1.165) is 11.3 Å². The first-order chi connectivity index (χ1) is 20.9. The van der Waals surface area contributed by atoms with Crippen molar-refractivity contribution >= 4 is 29.1 Å². The van der Waals surface area contributed by atoms with E-state index in [9.17, 15) is 14.4 Å². The molecule has 7 rings (SSSR count). The normalized spacial score (nSPS) is 20.9. The van der Waals surface area contributed by atoms with Crippen LogP contribution in [0.25, 0.3) is 6.08 Å². The summed E-state index contributed by atoms with van der Waals surface area (Å²) in [4.78, 5) is 46.6. The molecule has 7 heteroatoms. The summed E-state index contributed by atoms with van der Waals surface area (Å²) in [7, 11) is 4.65. The fraction of sp³-hybridized carbons (Fsp3) is 0.194. The lowest BCUT2D eigenvalue weighted by Crippen LogP contribution is -2.48. The Morgan fingerprint density at radius 3 is 2.12 bits per heavy atom. The van der Waals surface area contributed by atoms with Crippen LogP contribution in [0.3, 0.4) is 0 Å². The Hall–Kier alpha value is -5.17. The number of ether oxygens (including phenoxy) is 3. The van der Waals surface area contributed by atoms with Crippen molar-refractivity contribution in [1.29, 1.82) is 0 Å². The number of hydrogen-bond donors (Lipinski definition) is 0. The molecule has 4 aromatic rings. The molecule has 4 aromatic carbocycles. The third-order valence-electron chi connectivity index (χ3n) is 9.11. The molecule has 2 aliphatic heterocycles. The SMILES string of the molecule is COc1cccc(C(=O)C2C(c3cc(OC)ccc3OC)C3(C(=O)c4ccccc4C3=O)C3C=Cc4ccccc4N23)c1. The average molecular weight is 572 g/mol. The molecular formula is C36H29NO6. The van der Waals surface area contributed by atoms with Crippen molar-refractivity contribution in [2.45, 2.75) is 18.0 Å². The van der Waals surface area contributed by atoms with Gasteiger partial charge in [0, 0.05) is 33.9 Å². The Bertz CT molecular complexity index is 1810. The Morgan fingerprint density at radius 1 is 0.744 bits per heavy atom. The van der Waals surface area contributed by atoms with E-state index < -0.39 is 23.4 Å². The van der Waals surface area contributed by atoms with Gasteiger partial charge >= 0.3 is 0 Å². The van der Waals surface area contributed by atoms with Gasteiger partial charge < -0.3 is 19.1 Å². The van der Waals surface area contributed by atoms with E-state index in [1.807, 2.05) is 41.3 Å². The molecular weight excluding hydrogens is 542 g/mol. The van der Waals surface area contributed by atoms with Gasteiger partial charge in [-0.3, -0.25) is 14.4 Å². The summed E-state index contributed by atoms with van der Waals surface area (Å²) in [5, 5.41) is 0. The van der Waals surface area contributed by atoms with Crippen LogP contribution in [0.5, 0.6) is 17.2 Å². The highest BCUT2D eigenvalue weighted by molar-refractivity contribution is 6.32. The van der Waals surface area contributed by atoms with Crippen LogP contribution < -0.4 is 19.1 Å². The van der Waals surface area contributed by atoms with Crippen molar-refractivity contribution in [3.05, 3.63) is 125 Å². The zero-order valence-electron chi connectivity index (χ0n) is 23.9. The molecule has 214 valence electrons. The van der Waals surface area contributed by atoms with E-state index in [0.29, 0.717) is 39.5 Å². The number of carbonyl (C=O) groups excluding carboxylic acids is 3. The lowest BCUT2D eigenvalue weighted by Gasteiger charge is -2.37. The van der Waals surface area contributed by atoms with Gasteiger partial charge in [-0.15, -0.1) is 0 Å². The Kier molecular flexibility index (Phi) is 6.20. The van der Waals surface area contributed by atoms with Crippen molar-refractivity contribution in [2.75, 3.05) is 26.2 Å². The maximum Gasteiger partial charge on any atom is 0.186 e. The van der Waals surface area contributed by atoms with Gasteiger partial charge in [-0.1, -0.05) is 66.7 Å². The minimum Gasteiger partial charge on any atom is -0.497 e. The summed E-state index contributed by atoms with van der Waals surface area (Å²) in [5.74, 6) is -0.255. The van der Waals surface area contributed by atoms with E-state index in [4.69, 9.17) is 14.2 Å². The third-order valence-corrected chi connectivity index (χ3v) is 9.11. The fourth-order valence-electron chi connectivity index (χ4n) is 7.29. The number of carbonyl (C=O) groups is 3. The molecule has 7 nitrogen and oxygen atoms in total. The van der Waals surface area contributed by atoms with Crippen LogP contribution in [0.2, 0.25) is 0 Å². The molecule has 0 amide bonds. The van der Waals surface area contributed by atoms with Crippen LogP contribution in [0.4, 0.5) is 5.69 Å². The van der Waals surface area contributed by atoms with Gasteiger partial charge in [0.05, 0.1) is 27.4 Å². The molecule has 0 bridgehead atoms.